The normalized spacial score (nSPS) is 11.3. The van der Waals surface area contributed by atoms with Crippen molar-refractivity contribution in [3.8, 4) is 5.75 Å². The van der Waals surface area contributed by atoms with E-state index in [1.165, 1.54) is 19.3 Å². The molecule has 6 heteroatoms. The van der Waals surface area contributed by atoms with Crippen molar-refractivity contribution >= 4 is 10.9 Å². The Morgan fingerprint density at radius 1 is 0.778 bits per heavy atom. The summed E-state index contributed by atoms with van der Waals surface area (Å²) >= 11 is 0. The van der Waals surface area contributed by atoms with E-state index in [-0.39, 0.29) is 5.75 Å². The number of phenols is 1. The van der Waals surface area contributed by atoms with Crippen LogP contribution in [-0.2, 0) is 6.54 Å². The molecule has 0 unspecified atom stereocenters. The maximum Gasteiger partial charge on any atom is 0.141 e. The molecule has 0 aliphatic heterocycles. The van der Waals surface area contributed by atoms with Crippen LogP contribution in [0.5, 0.6) is 5.75 Å². The molecule has 1 aromatic heterocycles. The van der Waals surface area contributed by atoms with Gasteiger partial charge < -0.3 is 26.8 Å². The number of unbranched alkanes of at least 4 members (excludes halogenated alkanes) is 2. The molecule has 0 fully saturated rings. The Labute approximate surface area is 162 Å². The number of nitrogens with one attached hydrogen (secondary N) is 3. The van der Waals surface area contributed by atoms with Gasteiger partial charge in [0.05, 0.1) is 5.69 Å². The second kappa shape index (κ2) is 13.4. The lowest BCUT2D eigenvalue weighted by atomic mass is 10.2. The second-order valence-electron chi connectivity index (χ2n) is 6.88. The largest absolute Gasteiger partial charge is 0.506 e. The van der Waals surface area contributed by atoms with E-state index in [2.05, 4.69) is 20.9 Å². The highest BCUT2D eigenvalue weighted by atomic mass is 16.3. The first-order valence-corrected chi connectivity index (χ1v) is 10.2. The lowest BCUT2D eigenvalue weighted by Crippen LogP contribution is -2.24. The monoisotopic (exact) mass is 373 g/mol. The summed E-state index contributed by atoms with van der Waals surface area (Å²) in [5.41, 5.74) is 7.10. The number of para-hydroxylation sites is 1. The molecule has 27 heavy (non-hydrogen) atoms. The van der Waals surface area contributed by atoms with Gasteiger partial charge in [0.25, 0.3) is 0 Å². The number of phenolic OH excluding ortho intramolecular Hbond substituents is 1. The van der Waals surface area contributed by atoms with Crippen molar-refractivity contribution < 1.29 is 5.11 Å². The zero-order valence-corrected chi connectivity index (χ0v) is 16.3. The van der Waals surface area contributed by atoms with E-state index in [4.69, 9.17) is 5.73 Å². The van der Waals surface area contributed by atoms with E-state index in [9.17, 15) is 5.11 Å². The molecule has 2 rings (SSSR count). The second-order valence-corrected chi connectivity index (χ2v) is 6.88. The fourth-order valence-corrected chi connectivity index (χ4v) is 2.97. The van der Waals surface area contributed by atoms with Crippen LogP contribution in [0.25, 0.3) is 10.9 Å². The average Bonchev–Trinajstić information content (AvgIpc) is 2.69. The van der Waals surface area contributed by atoms with Crippen LogP contribution in [0.2, 0.25) is 0 Å². The van der Waals surface area contributed by atoms with Crippen LogP contribution in [0.15, 0.2) is 30.3 Å². The number of hydrogen-bond acceptors (Lipinski definition) is 6. The summed E-state index contributed by atoms with van der Waals surface area (Å²) in [7, 11) is 0. The van der Waals surface area contributed by atoms with Gasteiger partial charge in [-0.3, -0.25) is 0 Å². The molecule has 6 N–H and O–H groups in total. The van der Waals surface area contributed by atoms with E-state index < -0.39 is 0 Å². The zero-order valence-electron chi connectivity index (χ0n) is 16.3. The summed E-state index contributed by atoms with van der Waals surface area (Å²) in [6.07, 6.45) is 5.76. The van der Waals surface area contributed by atoms with Gasteiger partial charge in [0.1, 0.15) is 11.3 Å². The number of hydrogen-bond donors (Lipinski definition) is 5. The van der Waals surface area contributed by atoms with Gasteiger partial charge in [0, 0.05) is 11.9 Å². The van der Waals surface area contributed by atoms with Crippen molar-refractivity contribution in [2.24, 2.45) is 5.73 Å². The smallest absolute Gasteiger partial charge is 0.141 e. The average molecular weight is 374 g/mol. The Bertz CT molecular complexity index is 650. The topological polar surface area (TPSA) is 95.2 Å². The summed E-state index contributed by atoms with van der Waals surface area (Å²) in [6.45, 7) is 6.79. The van der Waals surface area contributed by atoms with E-state index >= 15 is 0 Å². The summed E-state index contributed by atoms with van der Waals surface area (Å²) in [5, 5.41) is 21.2. The lowest BCUT2D eigenvalue weighted by Gasteiger charge is -2.08. The first-order chi connectivity index (χ1) is 13.3. The summed E-state index contributed by atoms with van der Waals surface area (Å²) in [6, 6.07) is 9.50. The molecule has 0 radical (unpaired) electrons. The number of nitrogens with zero attached hydrogens (tertiary/aromatic N) is 1. The van der Waals surface area contributed by atoms with E-state index in [1.54, 1.807) is 6.07 Å². The highest BCUT2D eigenvalue weighted by Gasteiger charge is 2.02. The van der Waals surface area contributed by atoms with E-state index in [1.807, 2.05) is 24.3 Å². The maximum atomic E-state index is 9.89. The van der Waals surface area contributed by atoms with Crippen LogP contribution >= 0.6 is 0 Å². The maximum absolute atomic E-state index is 9.89. The van der Waals surface area contributed by atoms with Crippen LogP contribution in [0.1, 0.15) is 37.8 Å². The first kappa shape index (κ1) is 21.6. The van der Waals surface area contributed by atoms with Gasteiger partial charge in [-0.1, -0.05) is 18.2 Å². The molecular formula is C21H35N5O. The standard InChI is InChI=1S/C21H35N5O/c22-11-1-2-12-23-15-6-16-24-13-3-4-14-25-17-19-10-9-18-7-5-8-20(27)21(18)26-19/h5,7-10,23-25,27H,1-4,6,11-17,22H2. The molecule has 1 aromatic carbocycles. The lowest BCUT2D eigenvalue weighted by molar-refractivity contribution is 0.480. The molecule has 0 aliphatic rings. The molecule has 150 valence electrons. The Morgan fingerprint density at radius 2 is 1.44 bits per heavy atom. The minimum absolute atomic E-state index is 0.242. The number of aromatic nitrogens is 1. The minimum Gasteiger partial charge on any atom is -0.506 e. The number of aromatic hydroxyl groups is 1. The Hall–Kier alpha value is -1.73. The van der Waals surface area contributed by atoms with Gasteiger partial charge in [-0.15, -0.1) is 0 Å². The number of nitrogens with two attached hydrogens (primary N) is 1. The molecule has 2 aromatic rings. The molecule has 0 saturated carbocycles. The minimum atomic E-state index is 0.242. The molecule has 0 amide bonds. The zero-order chi connectivity index (χ0) is 19.2. The highest BCUT2D eigenvalue weighted by Crippen LogP contribution is 2.22. The van der Waals surface area contributed by atoms with E-state index in [0.717, 1.165) is 69.7 Å². The van der Waals surface area contributed by atoms with E-state index in [0.29, 0.717) is 5.52 Å². The van der Waals surface area contributed by atoms with Crippen molar-refractivity contribution in [2.75, 3.05) is 39.3 Å². The van der Waals surface area contributed by atoms with Gasteiger partial charge >= 0.3 is 0 Å². The summed E-state index contributed by atoms with van der Waals surface area (Å²) in [4.78, 5) is 4.54. The number of pyridine rings is 1. The Kier molecular flexibility index (Phi) is 10.7. The Morgan fingerprint density at radius 3 is 2.19 bits per heavy atom. The van der Waals surface area contributed by atoms with Crippen molar-refractivity contribution in [2.45, 2.75) is 38.6 Å². The number of rotatable bonds is 15. The van der Waals surface area contributed by atoms with Gasteiger partial charge in [-0.05, 0) is 83.5 Å². The summed E-state index contributed by atoms with van der Waals surface area (Å²) < 4.78 is 0. The molecule has 0 spiro atoms. The quantitative estimate of drug-likeness (QED) is 0.307. The highest BCUT2D eigenvalue weighted by molar-refractivity contribution is 5.84. The molecule has 6 nitrogen and oxygen atoms in total. The third kappa shape index (κ3) is 8.67. The fraction of sp³-hybridized carbons (Fsp3) is 0.571. The SMILES string of the molecule is NCCCCNCCCNCCCCNCc1ccc2cccc(O)c2n1. The predicted molar refractivity (Wildman–Crippen MR) is 113 cm³/mol. The fourth-order valence-electron chi connectivity index (χ4n) is 2.97. The Balaban J connectivity index is 1.44. The molecule has 0 aliphatic carbocycles. The number of benzene rings is 1. The van der Waals surface area contributed by atoms with Gasteiger partial charge in [-0.2, -0.15) is 0 Å². The van der Waals surface area contributed by atoms with Crippen LogP contribution in [-0.4, -0.2) is 49.4 Å². The van der Waals surface area contributed by atoms with Gasteiger partial charge in [0.15, 0.2) is 0 Å². The van der Waals surface area contributed by atoms with Crippen LogP contribution < -0.4 is 21.7 Å². The van der Waals surface area contributed by atoms with Crippen molar-refractivity contribution in [1.82, 2.24) is 20.9 Å². The van der Waals surface area contributed by atoms with Crippen molar-refractivity contribution in [1.29, 1.82) is 0 Å². The van der Waals surface area contributed by atoms with Crippen molar-refractivity contribution in [3.63, 3.8) is 0 Å². The van der Waals surface area contributed by atoms with Crippen LogP contribution in [0.4, 0.5) is 0 Å². The van der Waals surface area contributed by atoms with Crippen LogP contribution in [0.3, 0.4) is 0 Å². The first-order valence-electron chi connectivity index (χ1n) is 10.2. The molecular weight excluding hydrogens is 338 g/mol. The summed E-state index contributed by atoms with van der Waals surface area (Å²) in [5.74, 6) is 0.242. The van der Waals surface area contributed by atoms with Crippen LogP contribution in [0, 0.1) is 0 Å². The molecule has 0 bridgehead atoms. The third-order valence-corrected chi connectivity index (χ3v) is 4.53. The van der Waals surface area contributed by atoms with Gasteiger partial charge in [-0.25, -0.2) is 4.98 Å². The van der Waals surface area contributed by atoms with Crippen molar-refractivity contribution in [3.05, 3.63) is 36.0 Å². The molecule has 1 heterocycles. The molecule has 0 saturated heterocycles. The van der Waals surface area contributed by atoms with Gasteiger partial charge in [0.2, 0.25) is 0 Å². The molecule has 0 atom stereocenters. The third-order valence-electron chi connectivity index (χ3n) is 4.53. The number of fused-ring (bicyclic) bond motifs is 1. The predicted octanol–water partition coefficient (Wildman–Crippen LogP) is 2.12.